The zero-order valence-corrected chi connectivity index (χ0v) is 12.2. The van der Waals surface area contributed by atoms with E-state index in [-0.39, 0.29) is 5.82 Å². The van der Waals surface area contributed by atoms with E-state index >= 15 is 0 Å². The number of benzene rings is 2. The molecule has 2 nitrogen and oxygen atoms in total. The first kappa shape index (κ1) is 13.9. The van der Waals surface area contributed by atoms with E-state index in [1.54, 1.807) is 23.5 Å². The molecule has 0 fully saturated rings. The average Bonchev–Trinajstić information content (AvgIpc) is 2.93. The Kier molecular flexibility index (Phi) is 4.08. The summed E-state index contributed by atoms with van der Waals surface area (Å²) in [4.78, 5) is 5.91. The van der Waals surface area contributed by atoms with Crippen molar-refractivity contribution in [3.05, 3.63) is 65.3 Å². The molecular formula is C17H15FN2S. The van der Waals surface area contributed by atoms with Gasteiger partial charge in [0.05, 0.1) is 5.69 Å². The quantitative estimate of drug-likeness (QED) is 0.787. The van der Waals surface area contributed by atoms with E-state index < -0.39 is 0 Å². The topological polar surface area (TPSA) is 38.9 Å². The average molecular weight is 298 g/mol. The molecule has 1 aromatic heterocycles. The Morgan fingerprint density at radius 3 is 2.33 bits per heavy atom. The van der Waals surface area contributed by atoms with Crippen LogP contribution in [0.5, 0.6) is 0 Å². The molecule has 4 heteroatoms. The minimum absolute atomic E-state index is 0.235. The highest BCUT2D eigenvalue weighted by molar-refractivity contribution is 7.15. The van der Waals surface area contributed by atoms with Crippen molar-refractivity contribution in [2.45, 2.75) is 6.42 Å². The second-order valence-corrected chi connectivity index (χ2v) is 5.79. The van der Waals surface area contributed by atoms with Crippen LogP contribution < -0.4 is 5.73 Å². The van der Waals surface area contributed by atoms with Crippen molar-refractivity contribution >= 4 is 11.3 Å². The van der Waals surface area contributed by atoms with E-state index in [9.17, 15) is 4.39 Å². The highest BCUT2D eigenvalue weighted by atomic mass is 32.1. The van der Waals surface area contributed by atoms with Gasteiger partial charge in [0.2, 0.25) is 0 Å². The summed E-state index contributed by atoms with van der Waals surface area (Å²) in [7, 11) is 0. The van der Waals surface area contributed by atoms with Crippen molar-refractivity contribution in [3.8, 4) is 21.8 Å². The molecule has 21 heavy (non-hydrogen) atoms. The van der Waals surface area contributed by atoms with Crippen LogP contribution in [-0.4, -0.2) is 11.5 Å². The van der Waals surface area contributed by atoms with Crippen molar-refractivity contribution in [3.63, 3.8) is 0 Å². The van der Waals surface area contributed by atoms with Crippen LogP contribution in [0, 0.1) is 5.82 Å². The predicted molar refractivity (Wildman–Crippen MR) is 85.7 cm³/mol. The standard InChI is InChI=1S/C17H15FN2S/c18-14-8-6-13(7-9-14)17-20-16(15(21-17)10-11-19)12-4-2-1-3-5-12/h1-9H,10-11,19H2. The van der Waals surface area contributed by atoms with Gasteiger partial charge >= 0.3 is 0 Å². The number of hydrogen-bond acceptors (Lipinski definition) is 3. The highest BCUT2D eigenvalue weighted by Crippen LogP contribution is 2.34. The Bertz CT molecular complexity index is 720. The van der Waals surface area contributed by atoms with Gasteiger partial charge in [0.15, 0.2) is 0 Å². The molecule has 0 aliphatic rings. The fourth-order valence-corrected chi connectivity index (χ4v) is 3.29. The lowest BCUT2D eigenvalue weighted by atomic mass is 10.1. The number of halogens is 1. The van der Waals surface area contributed by atoms with Gasteiger partial charge in [-0.25, -0.2) is 9.37 Å². The third kappa shape index (κ3) is 3.01. The van der Waals surface area contributed by atoms with Crippen molar-refractivity contribution in [2.24, 2.45) is 5.73 Å². The molecule has 0 amide bonds. The lowest BCUT2D eigenvalue weighted by molar-refractivity contribution is 0.628. The molecule has 0 bridgehead atoms. The molecule has 0 unspecified atom stereocenters. The predicted octanol–water partition coefficient (Wildman–Crippen LogP) is 4.12. The Morgan fingerprint density at radius 1 is 0.952 bits per heavy atom. The molecule has 0 aliphatic heterocycles. The number of thiazole rings is 1. The van der Waals surface area contributed by atoms with Gasteiger partial charge in [0.25, 0.3) is 0 Å². The first-order valence-corrected chi connectivity index (χ1v) is 7.60. The van der Waals surface area contributed by atoms with E-state index in [2.05, 4.69) is 0 Å². The molecule has 0 saturated heterocycles. The molecular weight excluding hydrogens is 283 g/mol. The number of nitrogens with two attached hydrogens (primary N) is 1. The third-order valence-electron chi connectivity index (χ3n) is 3.21. The SMILES string of the molecule is NCCc1sc(-c2ccc(F)cc2)nc1-c1ccccc1. The fourth-order valence-electron chi connectivity index (χ4n) is 2.19. The Labute approximate surface area is 127 Å². The first-order chi connectivity index (χ1) is 10.3. The van der Waals surface area contributed by atoms with Gasteiger partial charge in [0.1, 0.15) is 10.8 Å². The molecule has 2 aromatic carbocycles. The minimum Gasteiger partial charge on any atom is -0.330 e. The third-order valence-corrected chi connectivity index (χ3v) is 4.37. The summed E-state index contributed by atoms with van der Waals surface area (Å²) in [5.74, 6) is -0.235. The van der Waals surface area contributed by atoms with Gasteiger partial charge in [-0.05, 0) is 37.2 Å². The zero-order valence-electron chi connectivity index (χ0n) is 11.4. The van der Waals surface area contributed by atoms with Crippen molar-refractivity contribution in [2.75, 3.05) is 6.54 Å². The van der Waals surface area contributed by atoms with E-state index in [1.807, 2.05) is 30.3 Å². The van der Waals surface area contributed by atoms with Crippen LogP contribution in [0.25, 0.3) is 21.8 Å². The van der Waals surface area contributed by atoms with E-state index in [0.29, 0.717) is 6.54 Å². The maximum Gasteiger partial charge on any atom is 0.124 e. The Hall–Kier alpha value is -2.04. The largest absolute Gasteiger partial charge is 0.330 e. The van der Waals surface area contributed by atoms with Gasteiger partial charge in [-0.3, -0.25) is 0 Å². The maximum absolute atomic E-state index is 13.0. The van der Waals surface area contributed by atoms with Crippen LogP contribution in [0.15, 0.2) is 54.6 Å². The number of rotatable bonds is 4. The zero-order chi connectivity index (χ0) is 14.7. The van der Waals surface area contributed by atoms with Gasteiger partial charge < -0.3 is 5.73 Å². The summed E-state index contributed by atoms with van der Waals surface area (Å²) in [6.07, 6.45) is 0.795. The lowest BCUT2D eigenvalue weighted by Crippen LogP contribution is -2.02. The lowest BCUT2D eigenvalue weighted by Gasteiger charge is -2.00. The van der Waals surface area contributed by atoms with Gasteiger partial charge in [-0.1, -0.05) is 30.3 Å². The molecule has 3 aromatic rings. The first-order valence-electron chi connectivity index (χ1n) is 6.79. The maximum atomic E-state index is 13.0. The second kappa shape index (κ2) is 6.16. The van der Waals surface area contributed by atoms with Crippen LogP contribution in [0.3, 0.4) is 0 Å². The summed E-state index contributed by atoms with van der Waals surface area (Å²) in [5.41, 5.74) is 8.70. The molecule has 106 valence electrons. The van der Waals surface area contributed by atoms with Crippen LogP contribution in [-0.2, 0) is 6.42 Å². The van der Waals surface area contributed by atoms with Crippen LogP contribution >= 0.6 is 11.3 Å². The van der Waals surface area contributed by atoms with Gasteiger partial charge in [0, 0.05) is 16.0 Å². The summed E-state index contributed by atoms with van der Waals surface area (Å²) in [6, 6.07) is 16.5. The molecule has 0 spiro atoms. The smallest absolute Gasteiger partial charge is 0.124 e. The number of nitrogens with zero attached hydrogens (tertiary/aromatic N) is 1. The van der Waals surface area contributed by atoms with Crippen molar-refractivity contribution < 1.29 is 4.39 Å². The summed E-state index contributed by atoms with van der Waals surface area (Å²) >= 11 is 1.62. The molecule has 1 heterocycles. The Balaban J connectivity index is 2.06. The molecule has 0 aliphatic carbocycles. The van der Waals surface area contributed by atoms with E-state index in [1.165, 1.54) is 17.0 Å². The van der Waals surface area contributed by atoms with Crippen LogP contribution in [0.2, 0.25) is 0 Å². The molecule has 0 saturated carbocycles. The number of hydrogen-bond donors (Lipinski definition) is 1. The van der Waals surface area contributed by atoms with Crippen LogP contribution in [0.1, 0.15) is 4.88 Å². The van der Waals surface area contributed by atoms with Crippen molar-refractivity contribution in [1.82, 2.24) is 4.98 Å². The van der Waals surface area contributed by atoms with E-state index in [0.717, 1.165) is 28.2 Å². The second-order valence-electron chi connectivity index (χ2n) is 4.70. The highest BCUT2D eigenvalue weighted by Gasteiger charge is 2.13. The molecule has 0 atom stereocenters. The Morgan fingerprint density at radius 2 is 1.67 bits per heavy atom. The normalized spacial score (nSPS) is 10.8. The number of aromatic nitrogens is 1. The summed E-state index contributed by atoms with van der Waals surface area (Å²) in [6.45, 7) is 0.588. The van der Waals surface area contributed by atoms with E-state index in [4.69, 9.17) is 10.7 Å². The minimum atomic E-state index is -0.235. The van der Waals surface area contributed by atoms with Crippen LogP contribution in [0.4, 0.5) is 4.39 Å². The summed E-state index contributed by atoms with van der Waals surface area (Å²) in [5, 5.41) is 0.900. The van der Waals surface area contributed by atoms with Gasteiger partial charge in [-0.2, -0.15) is 0 Å². The fraction of sp³-hybridized carbons (Fsp3) is 0.118. The monoisotopic (exact) mass is 298 g/mol. The van der Waals surface area contributed by atoms with Crippen molar-refractivity contribution in [1.29, 1.82) is 0 Å². The molecule has 2 N–H and O–H groups in total. The molecule has 0 radical (unpaired) electrons. The van der Waals surface area contributed by atoms with Gasteiger partial charge in [-0.15, -0.1) is 11.3 Å². The summed E-state index contributed by atoms with van der Waals surface area (Å²) < 4.78 is 13.0. The molecule has 3 rings (SSSR count).